The van der Waals surface area contributed by atoms with Crippen LogP contribution in [0.25, 0.3) is 0 Å². The van der Waals surface area contributed by atoms with Gasteiger partial charge in [-0.15, -0.1) is 11.6 Å². The molecule has 0 amide bonds. The number of unbranched alkanes of at least 4 members (excludes halogenated alkanes) is 1. The number of carbonyl (C=O) groups is 1. The van der Waals surface area contributed by atoms with Crippen molar-refractivity contribution in [2.24, 2.45) is 4.99 Å². The number of nitrogens with zero attached hydrogens (tertiary/aromatic N) is 1. The molecule has 4 heteroatoms. The van der Waals surface area contributed by atoms with Crippen LogP contribution in [-0.2, 0) is 4.79 Å². The van der Waals surface area contributed by atoms with Gasteiger partial charge < -0.3 is 10.1 Å². The Labute approximate surface area is 78.2 Å². The third-order valence-electron chi connectivity index (χ3n) is 1.39. The maximum Gasteiger partial charge on any atom is 0.141 e. The van der Waals surface area contributed by atoms with Gasteiger partial charge in [0.25, 0.3) is 0 Å². The molecular weight excluding hydrogens is 176 g/mol. The molecule has 0 fully saturated rings. The molecule has 0 aliphatic carbocycles. The van der Waals surface area contributed by atoms with Crippen LogP contribution in [0.4, 0.5) is 0 Å². The van der Waals surface area contributed by atoms with Crippen molar-refractivity contribution in [1.82, 2.24) is 5.32 Å². The molecule has 1 N–H and O–H groups in total. The zero-order chi connectivity index (χ0) is 9.23. The standard InChI is InChI=1S/C8H15ClN2O/c1-2-3-4-8(11-7-9)10-5-6-12/h6H,2-5,7H2,1H3,(H,10,11). The second-order valence-electron chi connectivity index (χ2n) is 2.37. The highest BCUT2D eigenvalue weighted by Crippen LogP contribution is 1.95. The summed E-state index contributed by atoms with van der Waals surface area (Å²) < 4.78 is 0. The Kier molecular flexibility index (Phi) is 8.12. The van der Waals surface area contributed by atoms with E-state index < -0.39 is 0 Å². The third kappa shape index (κ3) is 6.16. The maximum absolute atomic E-state index is 10.0. The van der Waals surface area contributed by atoms with Crippen molar-refractivity contribution in [3.63, 3.8) is 0 Å². The summed E-state index contributed by atoms with van der Waals surface area (Å²) in [5.41, 5.74) is 0. The molecule has 0 saturated carbocycles. The second-order valence-corrected chi connectivity index (χ2v) is 2.64. The first kappa shape index (κ1) is 11.4. The van der Waals surface area contributed by atoms with Crippen LogP contribution < -0.4 is 5.32 Å². The summed E-state index contributed by atoms with van der Waals surface area (Å²) in [6.45, 7) is 2.33. The molecule has 0 saturated heterocycles. The third-order valence-corrected chi connectivity index (χ3v) is 1.53. The lowest BCUT2D eigenvalue weighted by Crippen LogP contribution is -2.22. The highest BCUT2D eigenvalue weighted by molar-refractivity contribution is 6.18. The molecule has 70 valence electrons. The average Bonchev–Trinajstić information content (AvgIpc) is 2.10. The summed E-state index contributed by atoms with van der Waals surface area (Å²) in [6, 6.07) is 0.349. The normalized spacial score (nSPS) is 11.3. The van der Waals surface area contributed by atoms with E-state index in [1.807, 2.05) is 0 Å². The molecule has 0 aliphatic heterocycles. The van der Waals surface area contributed by atoms with Gasteiger partial charge in [0, 0.05) is 6.42 Å². The Morgan fingerprint density at radius 2 is 2.42 bits per heavy atom. The van der Waals surface area contributed by atoms with Crippen LogP contribution in [0.2, 0.25) is 0 Å². The fraction of sp³-hybridized carbons (Fsp3) is 0.750. The fourth-order valence-corrected chi connectivity index (χ4v) is 0.946. The Hall–Kier alpha value is -0.570. The molecule has 0 spiro atoms. The SMILES string of the molecule is CCCCC(=NCC=O)NCCl. The number of aliphatic imine (C=N–C) groups is 1. The van der Waals surface area contributed by atoms with Crippen molar-refractivity contribution in [2.45, 2.75) is 26.2 Å². The molecule has 3 nitrogen and oxygen atoms in total. The van der Waals surface area contributed by atoms with E-state index >= 15 is 0 Å². The van der Waals surface area contributed by atoms with E-state index in [1.54, 1.807) is 0 Å². The lowest BCUT2D eigenvalue weighted by molar-refractivity contribution is -0.106. The Morgan fingerprint density at radius 3 is 2.92 bits per heavy atom. The summed E-state index contributed by atoms with van der Waals surface area (Å²) in [6.07, 6.45) is 3.84. The van der Waals surface area contributed by atoms with Gasteiger partial charge in [0.1, 0.15) is 6.29 Å². The van der Waals surface area contributed by atoms with Crippen LogP contribution in [-0.4, -0.2) is 24.7 Å². The quantitative estimate of drug-likeness (QED) is 0.227. The number of hydrogen-bond acceptors (Lipinski definition) is 2. The lowest BCUT2D eigenvalue weighted by atomic mass is 10.2. The molecule has 0 aromatic heterocycles. The smallest absolute Gasteiger partial charge is 0.141 e. The van der Waals surface area contributed by atoms with Crippen molar-refractivity contribution in [1.29, 1.82) is 0 Å². The number of hydrogen-bond donors (Lipinski definition) is 1. The minimum Gasteiger partial charge on any atom is -0.360 e. The summed E-state index contributed by atoms with van der Waals surface area (Å²) in [7, 11) is 0. The first-order valence-corrected chi connectivity index (χ1v) is 4.65. The van der Waals surface area contributed by atoms with Crippen molar-refractivity contribution in [2.75, 3.05) is 12.5 Å². The molecule has 0 radical (unpaired) electrons. The van der Waals surface area contributed by atoms with Gasteiger partial charge in [0.15, 0.2) is 0 Å². The molecule has 0 atom stereocenters. The number of amidine groups is 1. The second kappa shape index (κ2) is 8.53. The van der Waals surface area contributed by atoms with Crippen molar-refractivity contribution >= 4 is 23.7 Å². The van der Waals surface area contributed by atoms with E-state index in [9.17, 15) is 4.79 Å². The molecule has 0 heterocycles. The highest BCUT2D eigenvalue weighted by Gasteiger charge is 1.95. The van der Waals surface area contributed by atoms with Gasteiger partial charge >= 0.3 is 0 Å². The van der Waals surface area contributed by atoms with Gasteiger partial charge in [-0.25, -0.2) is 0 Å². The van der Waals surface area contributed by atoms with Gasteiger partial charge in [-0.3, -0.25) is 4.99 Å². The van der Waals surface area contributed by atoms with E-state index in [-0.39, 0.29) is 6.54 Å². The number of carbonyl (C=O) groups excluding carboxylic acids is 1. The lowest BCUT2D eigenvalue weighted by Gasteiger charge is -2.04. The Morgan fingerprint density at radius 1 is 1.67 bits per heavy atom. The zero-order valence-electron chi connectivity index (χ0n) is 7.35. The molecule has 0 unspecified atom stereocenters. The van der Waals surface area contributed by atoms with E-state index in [0.29, 0.717) is 6.00 Å². The minimum absolute atomic E-state index is 0.225. The Bertz CT molecular complexity index is 148. The highest BCUT2D eigenvalue weighted by atomic mass is 35.5. The molecule has 0 aromatic rings. The number of alkyl halides is 1. The summed E-state index contributed by atoms with van der Waals surface area (Å²) in [4.78, 5) is 14.0. The van der Waals surface area contributed by atoms with Gasteiger partial charge in [-0.05, 0) is 6.42 Å². The van der Waals surface area contributed by atoms with Gasteiger partial charge in [-0.1, -0.05) is 13.3 Å². The fourth-order valence-electron chi connectivity index (χ4n) is 0.792. The van der Waals surface area contributed by atoms with Crippen LogP contribution in [0.3, 0.4) is 0 Å². The van der Waals surface area contributed by atoms with Crippen molar-refractivity contribution in [3.05, 3.63) is 0 Å². The van der Waals surface area contributed by atoms with Gasteiger partial charge in [-0.2, -0.15) is 0 Å². The van der Waals surface area contributed by atoms with Crippen LogP contribution in [0.15, 0.2) is 4.99 Å². The molecule has 0 aromatic carbocycles. The first-order valence-electron chi connectivity index (χ1n) is 4.12. The molecule has 0 rings (SSSR count). The number of halogens is 1. The average molecular weight is 191 g/mol. The number of rotatable bonds is 6. The van der Waals surface area contributed by atoms with Gasteiger partial charge in [0.05, 0.1) is 18.4 Å². The van der Waals surface area contributed by atoms with E-state index in [2.05, 4.69) is 17.2 Å². The zero-order valence-corrected chi connectivity index (χ0v) is 8.10. The van der Waals surface area contributed by atoms with Crippen molar-refractivity contribution in [3.8, 4) is 0 Å². The molecule has 0 bridgehead atoms. The van der Waals surface area contributed by atoms with E-state index in [1.165, 1.54) is 0 Å². The van der Waals surface area contributed by atoms with E-state index in [0.717, 1.165) is 31.4 Å². The van der Waals surface area contributed by atoms with Crippen LogP contribution >= 0.6 is 11.6 Å². The van der Waals surface area contributed by atoms with Gasteiger partial charge in [0.2, 0.25) is 0 Å². The summed E-state index contributed by atoms with van der Waals surface area (Å²) >= 11 is 5.47. The van der Waals surface area contributed by atoms with Crippen LogP contribution in [0, 0.1) is 0 Å². The Balaban J connectivity index is 3.75. The predicted molar refractivity (Wildman–Crippen MR) is 51.7 cm³/mol. The molecule has 12 heavy (non-hydrogen) atoms. The molecule has 0 aliphatic rings. The number of nitrogens with one attached hydrogen (secondary N) is 1. The predicted octanol–water partition coefficient (Wildman–Crippen LogP) is 1.56. The summed E-state index contributed by atoms with van der Waals surface area (Å²) in [5, 5.41) is 2.91. The minimum atomic E-state index is 0.225. The first-order chi connectivity index (χ1) is 5.85. The number of aldehydes is 1. The van der Waals surface area contributed by atoms with Crippen LogP contribution in [0.1, 0.15) is 26.2 Å². The molecular formula is C8H15ClN2O. The topological polar surface area (TPSA) is 41.5 Å². The maximum atomic E-state index is 10.0. The van der Waals surface area contributed by atoms with Crippen molar-refractivity contribution < 1.29 is 4.79 Å². The van der Waals surface area contributed by atoms with Crippen LogP contribution in [0.5, 0.6) is 0 Å². The monoisotopic (exact) mass is 190 g/mol. The largest absolute Gasteiger partial charge is 0.360 e. The summed E-state index contributed by atoms with van der Waals surface area (Å²) in [5.74, 6) is 0.832. The van der Waals surface area contributed by atoms with E-state index in [4.69, 9.17) is 11.6 Å².